The van der Waals surface area contributed by atoms with Crippen LogP contribution in [-0.4, -0.2) is 0 Å². The second-order valence-electron chi connectivity index (χ2n) is 3.62. The lowest BCUT2D eigenvalue weighted by Crippen LogP contribution is -2.22. The molecule has 0 amide bonds. The quantitative estimate of drug-likeness (QED) is 0.524. The van der Waals surface area contributed by atoms with Crippen LogP contribution in [0.25, 0.3) is 0 Å². The van der Waals surface area contributed by atoms with Crippen molar-refractivity contribution in [1.29, 1.82) is 0 Å². The number of hydrogen-bond donors (Lipinski definition) is 0. The summed E-state index contributed by atoms with van der Waals surface area (Å²) in [6.07, 6.45) is 5.35. The summed E-state index contributed by atoms with van der Waals surface area (Å²) in [5.41, 5.74) is 1.44. The summed E-state index contributed by atoms with van der Waals surface area (Å²) >= 11 is 0. The first kappa shape index (κ1) is 7.84. The molecule has 2 atom stereocenters. The molecule has 0 heteroatoms. The monoisotopic (exact) mass is 138 g/mol. The Kier molecular flexibility index (Phi) is 2.53. The van der Waals surface area contributed by atoms with Gasteiger partial charge in [0.25, 0.3) is 0 Å². The molecule has 0 bridgehead atoms. The Balaban J connectivity index is 2.19. The van der Waals surface area contributed by atoms with Crippen LogP contribution in [0.15, 0.2) is 12.2 Å². The van der Waals surface area contributed by atoms with Crippen LogP contribution in [0.4, 0.5) is 0 Å². The molecule has 0 N–H and O–H groups in total. The number of allylic oxidation sites excluding steroid dienone is 1. The molecule has 0 nitrogen and oxygen atoms in total. The van der Waals surface area contributed by atoms with Crippen molar-refractivity contribution in [2.45, 2.75) is 39.5 Å². The van der Waals surface area contributed by atoms with Crippen molar-refractivity contribution in [3.05, 3.63) is 12.2 Å². The van der Waals surface area contributed by atoms with E-state index in [2.05, 4.69) is 20.4 Å². The minimum atomic E-state index is 0.975. The molecule has 1 saturated carbocycles. The van der Waals surface area contributed by atoms with E-state index in [9.17, 15) is 0 Å². The second kappa shape index (κ2) is 3.23. The molecule has 1 rings (SSSR count). The van der Waals surface area contributed by atoms with Crippen LogP contribution in [0, 0.1) is 11.8 Å². The van der Waals surface area contributed by atoms with Crippen molar-refractivity contribution in [2.24, 2.45) is 11.8 Å². The molecule has 0 aliphatic heterocycles. The predicted molar refractivity (Wildman–Crippen MR) is 45.9 cm³/mol. The van der Waals surface area contributed by atoms with Gasteiger partial charge in [0.15, 0.2) is 0 Å². The molecule has 0 aromatic heterocycles. The fourth-order valence-electron chi connectivity index (χ4n) is 1.55. The lowest BCUT2D eigenvalue weighted by molar-refractivity contribution is 0.195. The molecular weight excluding hydrogens is 120 g/mol. The van der Waals surface area contributed by atoms with Crippen LogP contribution < -0.4 is 0 Å². The first-order valence-corrected chi connectivity index (χ1v) is 4.40. The average Bonchev–Trinajstić information content (AvgIpc) is 1.96. The van der Waals surface area contributed by atoms with Gasteiger partial charge in [0.1, 0.15) is 0 Å². The molecule has 1 aliphatic carbocycles. The van der Waals surface area contributed by atoms with E-state index in [4.69, 9.17) is 0 Å². The lowest BCUT2D eigenvalue weighted by Gasteiger charge is -2.34. The van der Waals surface area contributed by atoms with Gasteiger partial charge in [0, 0.05) is 0 Å². The van der Waals surface area contributed by atoms with E-state index in [1.54, 1.807) is 0 Å². The molecule has 10 heavy (non-hydrogen) atoms. The van der Waals surface area contributed by atoms with Crippen molar-refractivity contribution in [3.63, 3.8) is 0 Å². The van der Waals surface area contributed by atoms with Gasteiger partial charge in [-0.05, 0) is 31.1 Å². The van der Waals surface area contributed by atoms with Gasteiger partial charge in [-0.3, -0.25) is 0 Å². The maximum atomic E-state index is 4.03. The molecular formula is C10H18. The topological polar surface area (TPSA) is 0 Å². The normalized spacial score (nSPS) is 31.4. The zero-order valence-corrected chi connectivity index (χ0v) is 7.19. The van der Waals surface area contributed by atoms with E-state index in [1.165, 1.54) is 31.3 Å². The van der Waals surface area contributed by atoms with Gasteiger partial charge in [-0.15, -0.1) is 0 Å². The summed E-state index contributed by atoms with van der Waals surface area (Å²) in [5.74, 6) is 1.95. The highest BCUT2D eigenvalue weighted by Crippen LogP contribution is 2.38. The van der Waals surface area contributed by atoms with Crippen LogP contribution in [-0.2, 0) is 0 Å². The SMILES string of the molecule is C=C(CC)CC1CCC1C. The first-order valence-electron chi connectivity index (χ1n) is 4.40. The van der Waals surface area contributed by atoms with E-state index in [-0.39, 0.29) is 0 Å². The Morgan fingerprint density at radius 1 is 1.50 bits per heavy atom. The maximum absolute atomic E-state index is 4.03. The summed E-state index contributed by atoms with van der Waals surface area (Å²) in [6.45, 7) is 8.59. The van der Waals surface area contributed by atoms with Gasteiger partial charge in [0.05, 0.1) is 0 Å². The Bertz CT molecular complexity index is 124. The molecule has 0 spiro atoms. The van der Waals surface area contributed by atoms with E-state index >= 15 is 0 Å². The van der Waals surface area contributed by atoms with E-state index in [0.717, 1.165) is 11.8 Å². The van der Waals surface area contributed by atoms with Gasteiger partial charge in [-0.2, -0.15) is 0 Å². The molecule has 0 heterocycles. The van der Waals surface area contributed by atoms with Crippen LogP contribution in [0.1, 0.15) is 39.5 Å². The smallest absolute Gasteiger partial charge is 0.0292 e. The lowest BCUT2D eigenvalue weighted by atomic mass is 9.72. The fraction of sp³-hybridized carbons (Fsp3) is 0.800. The summed E-state index contributed by atoms with van der Waals surface area (Å²) in [4.78, 5) is 0. The highest BCUT2D eigenvalue weighted by Gasteiger charge is 2.26. The highest BCUT2D eigenvalue weighted by molar-refractivity contribution is 4.97. The van der Waals surface area contributed by atoms with Gasteiger partial charge in [-0.25, -0.2) is 0 Å². The minimum absolute atomic E-state index is 0.975. The zero-order valence-electron chi connectivity index (χ0n) is 7.19. The van der Waals surface area contributed by atoms with Gasteiger partial charge in [-0.1, -0.05) is 32.4 Å². The third-order valence-corrected chi connectivity index (χ3v) is 2.85. The number of hydrogen-bond acceptors (Lipinski definition) is 0. The Hall–Kier alpha value is -0.260. The Morgan fingerprint density at radius 2 is 2.20 bits per heavy atom. The second-order valence-corrected chi connectivity index (χ2v) is 3.62. The van der Waals surface area contributed by atoms with Crippen LogP contribution in [0.3, 0.4) is 0 Å². The van der Waals surface area contributed by atoms with Gasteiger partial charge in [0.2, 0.25) is 0 Å². The molecule has 1 aliphatic rings. The summed E-state index contributed by atoms with van der Waals surface area (Å²) in [5, 5.41) is 0. The molecule has 58 valence electrons. The molecule has 0 saturated heterocycles. The summed E-state index contributed by atoms with van der Waals surface area (Å²) < 4.78 is 0. The molecule has 0 aromatic carbocycles. The van der Waals surface area contributed by atoms with Crippen molar-refractivity contribution in [1.82, 2.24) is 0 Å². The van der Waals surface area contributed by atoms with Crippen molar-refractivity contribution < 1.29 is 0 Å². The van der Waals surface area contributed by atoms with Crippen LogP contribution in [0.2, 0.25) is 0 Å². The molecule has 1 fully saturated rings. The maximum Gasteiger partial charge on any atom is -0.0292 e. The Morgan fingerprint density at radius 3 is 2.50 bits per heavy atom. The highest BCUT2D eigenvalue weighted by atomic mass is 14.3. The average molecular weight is 138 g/mol. The molecule has 2 unspecified atom stereocenters. The van der Waals surface area contributed by atoms with E-state index < -0.39 is 0 Å². The van der Waals surface area contributed by atoms with Crippen LogP contribution >= 0.6 is 0 Å². The van der Waals surface area contributed by atoms with E-state index in [1.807, 2.05) is 0 Å². The molecule has 0 radical (unpaired) electrons. The summed E-state index contributed by atoms with van der Waals surface area (Å²) in [6, 6.07) is 0. The largest absolute Gasteiger partial charge is 0.0999 e. The van der Waals surface area contributed by atoms with Crippen molar-refractivity contribution in [3.8, 4) is 0 Å². The van der Waals surface area contributed by atoms with Crippen molar-refractivity contribution >= 4 is 0 Å². The van der Waals surface area contributed by atoms with Crippen molar-refractivity contribution in [2.75, 3.05) is 0 Å². The van der Waals surface area contributed by atoms with E-state index in [0.29, 0.717) is 0 Å². The Labute approximate surface area is 64.3 Å². The van der Waals surface area contributed by atoms with Crippen LogP contribution in [0.5, 0.6) is 0 Å². The first-order chi connectivity index (χ1) is 4.74. The van der Waals surface area contributed by atoms with Gasteiger partial charge >= 0.3 is 0 Å². The predicted octanol–water partition coefficient (Wildman–Crippen LogP) is 3.39. The number of rotatable bonds is 3. The standard InChI is InChI=1S/C10H18/c1-4-8(2)7-10-6-5-9(10)3/h9-10H,2,4-7H2,1,3H3. The molecule has 0 aromatic rings. The fourth-order valence-corrected chi connectivity index (χ4v) is 1.55. The third kappa shape index (κ3) is 1.62. The minimum Gasteiger partial charge on any atom is -0.0999 e. The third-order valence-electron chi connectivity index (χ3n) is 2.85. The summed E-state index contributed by atoms with van der Waals surface area (Å²) in [7, 11) is 0. The van der Waals surface area contributed by atoms with Gasteiger partial charge < -0.3 is 0 Å². The zero-order chi connectivity index (χ0) is 7.56.